The Morgan fingerprint density at radius 1 is 1.10 bits per heavy atom. The summed E-state index contributed by atoms with van der Waals surface area (Å²) in [6.07, 6.45) is 0.481. The van der Waals surface area contributed by atoms with Gasteiger partial charge in [-0.2, -0.15) is 11.8 Å². The molecule has 0 saturated heterocycles. The molecular formula is C31H35NO6S. The van der Waals surface area contributed by atoms with Gasteiger partial charge < -0.3 is 19.5 Å². The van der Waals surface area contributed by atoms with Gasteiger partial charge in [0, 0.05) is 28.6 Å². The van der Waals surface area contributed by atoms with E-state index in [1.54, 1.807) is 11.8 Å². The Hall–Kier alpha value is -3.52. The minimum atomic E-state index is -0.938. The molecule has 206 valence electrons. The van der Waals surface area contributed by atoms with E-state index in [1.807, 2.05) is 68.4 Å². The van der Waals surface area contributed by atoms with Crippen molar-refractivity contribution in [3.63, 3.8) is 0 Å². The molecule has 39 heavy (non-hydrogen) atoms. The number of dihydropyridines is 1. The van der Waals surface area contributed by atoms with Crippen molar-refractivity contribution in [2.75, 3.05) is 25.2 Å². The van der Waals surface area contributed by atoms with Gasteiger partial charge in [-0.1, -0.05) is 56.3 Å². The van der Waals surface area contributed by atoms with Crippen LogP contribution in [0.3, 0.4) is 0 Å². The van der Waals surface area contributed by atoms with Gasteiger partial charge in [-0.25, -0.2) is 4.79 Å². The number of thioether (sulfide) groups is 1. The molecule has 0 saturated carbocycles. The van der Waals surface area contributed by atoms with Crippen LogP contribution in [-0.4, -0.2) is 42.9 Å². The van der Waals surface area contributed by atoms with Crippen LogP contribution in [0.15, 0.2) is 77.1 Å². The molecule has 2 aromatic rings. The molecule has 0 fully saturated rings. The number of ether oxygens (including phenoxy) is 3. The second-order valence-electron chi connectivity index (χ2n) is 9.72. The highest BCUT2D eigenvalue weighted by atomic mass is 32.2. The van der Waals surface area contributed by atoms with Crippen LogP contribution in [0.25, 0.3) is 0 Å². The van der Waals surface area contributed by atoms with Crippen molar-refractivity contribution in [2.45, 2.75) is 39.7 Å². The molecule has 1 aliphatic heterocycles. The molecule has 2 aliphatic rings. The Labute approximate surface area is 234 Å². The van der Waals surface area contributed by atoms with E-state index in [0.717, 1.165) is 22.6 Å². The summed E-state index contributed by atoms with van der Waals surface area (Å²) in [5.74, 6) is -1.04. The van der Waals surface area contributed by atoms with E-state index in [9.17, 15) is 14.4 Å². The van der Waals surface area contributed by atoms with Crippen LogP contribution in [0.4, 0.5) is 0 Å². The highest BCUT2D eigenvalue weighted by molar-refractivity contribution is 7.99. The molecule has 3 atom stereocenters. The van der Waals surface area contributed by atoms with Crippen molar-refractivity contribution in [1.29, 1.82) is 0 Å². The molecular weight excluding hydrogens is 514 g/mol. The van der Waals surface area contributed by atoms with Gasteiger partial charge >= 0.3 is 11.9 Å². The first-order valence-electron chi connectivity index (χ1n) is 13.2. The van der Waals surface area contributed by atoms with Crippen molar-refractivity contribution in [3.05, 3.63) is 88.3 Å². The zero-order chi connectivity index (χ0) is 27.9. The van der Waals surface area contributed by atoms with Gasteiger partial charge in [0.15, 0.2) is 5.78 Å². The summed E-state index contributed by atoms with van der Waals surface area (Å²) in [7, 11) is 1.29. The number of carbonyl (C=O) groups excluding carboxylic acids is 3. The highest BCUT2D eigenvalue weighted by Crippen LogP contribution is 2.46. The summed E-state index contributed by atoms with van der Waals surface area (Å²) >= 11 is 1.68. The summed E-state index contributed by atoms with van der Waals surface area (Å²) in [5, 5.41) is 3.30. The number of esters is 2. The largest absolute Gasteiger partial charge is 0.489 e. The molecule has 0 bridgehead atoms. The SMILES string of the molecule is CCSCCOC(=O)C1=C(C)NC2=C(C(=O)[C@@H](C(=O)OC)[C@@H](C)C2)[C@@H]1c1cccc(OCc2ccccc2)c1. The van der Waals surface area contributed by atoms with E-state index >= 15 is 0 Å². The fraction of sp³-hybridized carbons (Fsp3) is 0.387. The molecule has 0 spiro atoms. The topological polar surface area (TPSA) is 90.9 Å². The lowest BCUT2D eigenvalue weighted by molar-refractivity contribution is -0.151. The zero-order valence-corrected chi connectivity index (χ0v) is 23.6. The first kappa shape index (κ1) is 28.5. The lowest BCUT2D eigenvalue weighted by Gasteiger charge is -2.38. The highest BCUT2D eigenvalue weighted by Gasteiger charge is 2.47. The smallest absolute Gasteiger partial charge is 0.336 e. The standard InChI is InChI=1S/C31H35NO6S/c1-5-39-15-14-37-31(35)26-20(3)32-24-16-19(2)25(30(34)36-4)29(33)28(24)27(26)22-12-9-13-23(17-22)38-18-21-10-7-6-8-11-21/h6-13,17,19,25,27,32H,5,14-16,18H2,1-4H3/t19-,25-,27+/m0/s1. The second kappa shape index (κ2) is 13.0. The van der Waals surface area contributed by atoms with Crippen LogP contribution in [0.1, 0.15) is 44.2 Å². The van der Waals surface area contributed by atoms with E-state index in [-0.39, 0.29) is 18.3 Å². The fourth-order valence-corrected chi connectivity index (χ4v) is 5.71. The predicted molar refractivity (Wildman–Crippen MR) is 151 cm³/mol. The lowest BCUT2D eigenvalue weighted by atomic mass is 9.69. The van der Waals surface area contributed by atoms with Gasteiger partial charge in [0.1, 0.15) is 24.9 Å². The molecule has 4 rings (SSSR count). The number of rotatable bonds is 10. The van der Waals surface area contributed by atoms with E-state index in [2.05, 4.69) is 12.2 Å². The first-order chi connectivity index (χ1) is 18.8. The number of carbonyl (C=O) groups is 3. The van der Waals surface area contributed by atoms with Crippen LogP contribution < -0.4 is 10.1 Å². The Morgan fingerprint density at radius 3 is 2.59 bits per heavy atom. The first-order valence-corrected chi connectivity index (χ1v) is 14.4. The van der Waals surface area contributed by atoms with E-state index < -0.39 is 23.8 Å². The molecule has 0 radical (unpaired) electrons. The maximum Gasteiger partial charge on any atom is 0.336 e. The summed E-state index contributed by atoms with van der Waals surface area (Å²) in [5.41, 5.74) is 3.88. The molecule has 2 aromatic carbocycles. The summed E-state index contributed by atoms with van der Waals surface area (Å²) < 4.78 is 16.7. The van der Waals surface area contributed by atoms with Gasteiger partial charge in [0.05, 0.1) is 12.7 Å². The summed E-state index contributed by atoms with van der Waals surface area (Å²) in [6, 6.07) is 17.3. The van der Waals surface area contributed by atoms with Crippen LogP contribution in [0.2, 0.25) is 0 Å². The van der Waals surface area contributed by atoms with Crippen LogP contribution in [0.5, 0.6) is 5.75 Å². The maximum atomic E-state index is 13.9. The fourth-order valence-electron chi connectivity index (χ4n) is 5.22. The average Bonchev–Trinajstić information content (AvgIpc) is 2.94. The Balaban J connectivity index is 1.73. The van der Waals surface area contributed by atoms with Crippen molar-refractivity contribution >= 4 is 29.5 Å². The third kappa shape index (κ3) is 6.38. The molecule has 1 heterocycles. The van der Waals surface area contributed by atoms with Crippen LogP contribution in [0, 0.1) is 11.8 Å². The van der Waals surface area contributed by atoms with Crippen molar-refractivity contribution in [3.8, 4) is 5.75 Å². The third-order valence-corrected chi connectivity index (χ3v) is 7.93. The van der Waals surface area contributed by atoms with Gasteiger partial charge in [-0.05, 0) is 48.3 Å². The number of ketones is 1. The lowest BCUT2D eigenvalue weighted by Crippen LogP contribution is -2.43. The predicted octanol–water partition coefficient (Wildman–Crippen LogP) is 5.17. The number of hydrogen-bond acceptors (Lipinski definition) is 8. The normalized spacial score (nSPS) is 20.7. The number of methoxy groups -OCH3 is 1. The van der Waals surface area contributed by atoms with Crippen molar-refractivity contribution < 1.29 is 28.6 Å². The molecule has 0 aromatic heterocycles. The Bertz CT molecular complexity index is 1280. The van der Waals surface area contributed by atoms with Gasteiger partial charge in [-0.15, -0.1) is 0 Å². The molecule has 0 amide bonds. The molecule has 7 nitrogen and oxygen atoms in total. The van der Waals surface area contributed by atoms with Crippen molar-refractivity contribution in [1.82, 2.24) is 5.32 Å². The van der Waals surface area contributed by atoms with Gasteiger partial charge in [0.2, 0.25) is 0 Å². The number of allylic oxidation sites excluding steroid dienone is 3. The van der Waals surface area contributed by atoms with E-state index in [1.165, 1.54) is 7.11 Å². The number of nitrogens with one attached hydrogen (secondary N) is 1. The Morgan fingerprint density at radius 2 is 1.87 bits per heavy atom. The van der Waals surface area contributed by atoms with Crippen molar-refractivity contribution in [2.24, 2.45) is 11.8 Å². The zero-order valence-electron chi connectivity index (χ0n) is 22.8. The molecule has 0 unspecified atom stereocenters. The van der Waals surface area contributed by atoms with Crippen LogP contribution >= 0.6 is 11.8 Å². The minimum absolute atomic E-state index is 0.246. The van der Waals surface area contributed by atoms with E-state index in [4.69, 9.17) is 14.2 Å². The maximum absolute atomic E-state index is 13.9. The monoisotopic (exact) mass is 549 g/mol. The molecule has 1 aliphatic carbocycles. The summed E-state index contributed by atoms with van der Waals surface area (Å²) in [4.78, 5) is 40.0. The third-order valence-electron chi connectivity index (χ3n) is 7.07. The molecule has 8 heteroatoms. The minimum Gasteiger partial charge on any atom is -0.489 e. The average molecular weight is 550 g/mol. The number of hydrogen-bond donors (Lipinski definition) is 1. The molecule has 1 N–H and O–H groups in total. The second-order valence-corrected chi connectivity index (χ2v) is 11.1. The van der Waals surface area contributed by atoms with Crippen LogP contribution in [-0.2, 0) is 30.5 Å². The summed E-state index contributed by atoms with van der Waals surface area (Å²) in [6.45, 7) is 6.39. The number of Topliss-reactive ketones (excluding diaryl/α,β-unsaturated/α-hetero) is 1. The van der Waals surface area contributed by atoms with Gasteiger partial charge in [0.25, 0.3) is 0 Å². The van der Waals surface area contributed by atoms with E-state index in [0.29, 0.717) is 41.4 Å². The Kier molecular flexibility index (Phi) is 9.51. The quantitative estimate of drug-likeness (QED) is 0.247. The number of benzene rings is 2. The van der Waals surface area contributed by atoms with Gasteiger partial charge in [-0.3, -0.25) is 9.59 Å².